The zero-order valence-corrected chi connectivity index (χ0v) is 18.9. The lowest BCUT2D eigenvalue weighted by molar-refractivity contribution is 0.244. The summed E-state index contributed by atoms with van der Waals surface area (Å²) in [6.07, 6.45) is 0.990. The van der Waals surface area contributed by atoms with Crippen LogP contribution in [-0.2, 0) is 6.54 Å². The molecule has 6 nitrogen and oxygen atoms in total. The van der Waals surface area contributed by atoms with E-state index in [0.29, 0.717) is 23.8 Å². The van der Waals surface area contributed by atoms with Crippen LogP contribution < -0.4 is 10.9 Å². The Morgan fingerprint density at radius 3 is 2.48 bits per heavy atom. The van der Waals surface area contributed by atoms with Crippen LogP contribution in [0.2, 0.25) is 0 Å². The van der Waals surface area contributed by atoms with E-state index in [-0.39, 0.29) is 12.2 Å². The van der Waals surface area contributed by atoms with E-state index in [1.807, 2.05) is 24.0 Å². The lowest BCUT2D eigenvalue weighted by Crippen LogP contribution is -2.42. The monoisotopic (exact) mass is 418 g/mol. The average Bonchev–Trinajstić information content (AvgIpc) is 2.69. The fourth-order valence-corrected chi connectivity index (χ4v) is 3.63. The van der Waals surface area contributed by atoms with Crippen LogP contribution in [0.4, 0.5) is 0 Å². The first-order valence-electron chi connectivity index (χ1n) is 10.4. The summed E-state index contributed by atoms with van der Waals surface area (Å²) in [4.78, 5) is 19.8. The minimum absolute atomic E-state index is 0.0228. The molecule has 29 heavy (non-hydrogen) atoms. The molecule has 1 aromatic carbocycles. The topological polar surface area (TPSA) is 71.6 Å². The minimum Gasteiger partial charge on any atom is -0.395 e. The summed E-state index contributed by atoms with van der Waals surface area (Å²) >= 11 is 5.53. The fraction of sp³-hybridized carbons (Fsp3) is 0.545. The van der Waals surface area contributed by atoms with E-state index in [1.165, 1.54) is 5.56 Å². The highest BCUT2D eigenvalue weighted by atomic mass is 32.1. The molecule has 0 spiro atoms. The number of aliphatic hydroxyl groups excluding tert-OH is 1. The minimum atomic E-state index is -0.118. The third-order valence-electron chi connectivity index (χ3n) is 5.38. The van der Waals surface area contributed by atoms with E-state index in [2.05, 4.69) is 42.0 Å². The summed E-state index contributed by atoms with van der Waals surface area (Å²) < 4.78 is 0. The zero-order chi connectivity index (χ0) is 21.4. The predicted molar refractivity (Wildman–Crippen MR) is 125 cm³/mol. The molecule has 0 aliphatic rings. The Morgan fingerprint density at radius 1 is 1.14 bits per heavy atom. The summed E-state index contributed by atoms with van der Waals surface area (Å²) in [5.41, 5.74) is 3.70. The summed E-state index contributed by atoms with van der Waals surface area (Å²) in [6, 6.07) is 6.02. The highest BCUT2D eigenvalue weighted by Crippen LogP contribution is 2.17. The molecule has 0 fully saturated rings. The lowest BCUT2D eigenvalue weighted by Gasteiger charge is -2.25. The lowest BCUT2D eigenvalue weighted by atomic mass is 10.0. The van der Waals surface area contributed by atoms with Crippen molar-refractivity contribution in [1.82, 2.24) is 20.1 Å². The van der Waals surface area contributed by atoms with Crippen LogP contribution in [0.3, 0.4) is 0 Å². The number of nitrogens with zero attached hydrogens (tertiary/aromatic N) is 2. The molecule has 0 aliphatic heterocycles. The van der Waals surface area contributed by atoms with Gasteiger partial charge >= 0.3 is 0 Å². The first kappa shape index (κ1) is 23.3. The Balaban J connectivity index is 2.07. The molecule has 0 unspecified atom stereocenters. The van der Waals surface area contributed by atoms with Crippen LogP contribution in [0.25, 0.3) is 10.9 Å². The molecule has 0 radical (unpaired) electrons. The maximum atomic E-state index is 12.6. The normalized spacial score (nSPS) is 11.2. The molecule has 1 aromatic heterocycles. The predicted octanol–water partition coefficient (Wildman–Crippen LogP) is 2.55. The smallest absolute Gasteiger partial charge is 0.253 e. The third kappa shape index (κ3) is 6.52. The van der Waals surface area contributed by atoms with Gasteiger partial charge in [0.1, 0.15) is 0 Å². The highest BCUT2D eigenvalue weighted by Gasteiger charge is 2.13. The molecule has 0 atom stereocenters. The number of aryl methyl sites for hydroxylation is 2. The van der Waals surface area contributed by atoms with Crippen LogP contribution >= 0.6 is 12.2 Å². The van der Waals surface area contributed by atoms with Crippen molar-refractivity contribution in [3.8, 4) is 0 Å². The van der Waals surface area contributed by atoms with Gasteiger partial charge in [-0.25, -0.2) is 0 Å². The van der Waals surface area contributed by atoms with Crippen molar-refractivity contribution in [2.24, 2.45) is 0 Å². The van der Waals surface area contributed by atoms with Crippen molar-refractivity contribution in [3.05, 3.63) is 45.2 Å². The van der Waals surface area contributed by atoms with E-state index >= 15 is 0 Å². The zero-order valence-electron chi connectivity index (χ0n) is 18.0. The maximum Gasteiger partial charge on any atom is 0.253 e. The number of thiocarbonyl (C=S) groups is 1. The summed E-state index contributed by atoms with van der Waals surface area (Å²) in [5.74, 6) is 0. The molecular formula is C22H34N4O2S. The Morgan fingerprint density at radius 2 is 1.83 bits per heavy atom. The van der Waals surface area contributed by atoms with Crippen LogP contribution in [0.15, 0.2) is 23.0 Å². The van der Waals surface area contributed by atoms with E-state index < -0.39 is 0 Å². The van der Waals surface area contributed by atoms with E-state index in [0.717, 1.165) is 49.1 Å². The number of aromatic amines is 1. The molecular weight excluding hydrogens is 384 g/mol. The first-order valence-corrected chi connectivity index (χ1v) is 10.8. The highest BCUT2D eigenvalue weighted by molar-refractivity contribution is 7.80. The molecule has 0 saturated carbocycles. The summed E-state index contributed by atoms with van der Waals surface area (Å²) in [5, 5.41) is 14.3. The quantitative estimate of drug-likeness (QED) is 0.407. The van der Waals surface area contributed by atoms with Gasteiger partial charge in [-0.2, -0.15) is 0 Å². The van der Waals surface area contributed by atoms with Crippen LogP contribution in [-0.4, -0.2) is 64.3 Å². The fourth-order valence-electron chi connectivity index (χ4n) is 3.37. The van der Waals surface area contributed by atoms with Crippen molar-refractivity contribution < 1.29 is 5.11 Å². The van der Waals surface area contributed by atoms with Crippen molar-refractivity contribution in [2.45, 2.75) is 40.7 Å². The number of hydrogen-bond donors (Lipinski definition) is 3. The van der Waals surface area contributed by atoms with Crippen molar-refractivity contribution in [1.29, 1.82) is 0 Å². The second-order valence-corrected chi connectivity index (χ2v) is 7.79. The largest absolute Gasteiger partial charge is 0.395 e. The molecule has 7 heteroatoms. The van der Waals surface area contributed by atoms with Gasteiger partial charge in [-0.05, 0) is 86.8 Å². The number of fused-ring (bicyclic) bond motifs is 1. The maximum absolute atomic E-state index is 12.6. The van der Waals surface area contributed by atoms with Gasteiger partial charge in [0.15, 0.2) is 5.11 Å². The van der Waals surface area contributed by atoms with Crippen LogP contribution in [0, 0.1) is 13.8 Å². The number of H-pyrrole nitrogens is 1. The molecule has 0 bridgehead atoms. The van der Waals surface area contributed by atoms with Gasteiger partial charge in [-0.3, -0.25) is 4.79 Å². The van der Waals surface area contributed by atoms with Gasteiger partial charge in [0.05, 0.1) is 13.2 Å². The number of aliphatic hydroxyl groups is 1. The number of hydrogen-bond acceptors (Lipinski definition) is 4. The molecule has 1 heterocycles. The number of nitrogens with one attached hydrogen (secondary N) is 2. The standard InChI is InChI=1S/C22H34N4O2S/c1-5-25(6-2)9-7-8-23-22(29)26(10-11-27)15-19-14-18-12-16(3)17(4)13-20(18)24-21(19)28/h12-14,27H,5-11,15H2,1-4H3,(H,23,29)(H,24,28). The number of pyridine rings is 1. The number of benzene rings is 1. The molecule has 2 aromatic rings. The van der Waals surface area contributed by atoms with Gasteiger partial charge in [0.2, 0.25) is 0 Å². The molecule has 0 saturated heterocycles. The third-order valence-corrected chi connectivity index (χ3v) is 5.78. The van der Waals surface area contributed by atoms with Gasteiger partial charge < -0.3 is 25.2 Å². The Bertz CT molecular complexity index is 877. The van der Waals surface area contributed by atoms with Gasteiger partial charge in [-0.15, -0.1) is 0 Å². The molecule has 160 valence electrons. The van der Waals surface area contributed by atoms with Gasteiger partial charge in [0.25, 0.3) is 5.56 Å². The Kier molecular flexibility index (Phi) is 9.07. The second kappa shape index (κ2) is 11.3. The number of rotatable bonds is 10. The molecule has 3 N–H and O–H groups in total. The van der Waals surface area contributed by atoms with Crippen LogP contribution in [0.1, 0.15) is 37.0 Å². The number of aromatic nitrogens is 1. The second-order valence-electron chi connectivity index (χ2n) is 7.40. The van der Waals surface area contributed by atoms with Crippen LogP contribution in [0.5, 0.6) is 0 Å². The van der Waals surface area contributed by atoms with Gasteiger partial charge in [-0.1, -0.05) is 13.8 Å². The van der Waals surface area contributed by atoms with Crippen molar-refractivity contribution >= 4 is 28.2 Å². The summed E-state index contributed by atoms with van der Waals surface area (Å²) in [7, 11) is 0. The summed E-state index contributed by atoms with van der Waals surface area (Å²) in [6.45, 7) is 13.0. The van der Waals surface area contributed by atoms with Crippen molar-refractivity contribution in [3.63, 3.8) is 0 Å². The first-order chi connectivity index (χ1) is 13.9. The molecule has 2 rings (SSSR count). The van der Waals surface area contributed by atoms with E-state index in [1.54, 1.807) is 0 Å². The van der Waals surface area contributed by atoms with Gasteiger partial charge in [0, 0.05) is 24.2 Å². The Labute approximate surface area is 178 Å². The van der Waals surface area contributed by atoms with Crippen molar-refractivity contribution in [2.75, 3.05) is 39.3 Å². The molecule has 0 aliphatic carbocycles. The Hall–Kier alpha value is -1.96. The average molecular weight is 419 g/mol. The molecule has 0 amide bonds. The van der Waals surface area contributed by atoms with E-state index in [4.69, 9.17) is 12.2 Å². The van der Waals surface area contributed by atoms with E-state index in [9.17, 15) is 9.90 Å². The SMILES string of the molecule is CCN(CC)CCCNC(=S)N(CCO)Cc1cc2cc(C)c(C)cc2[nH]c1=O.